The molecule has 0 rings (SSSR count). The Bertz CT molecular complexity index is 1090. The number of alkyl halides is 26. The monoisotopic (exact) mass is 794 g/mol. The largest absolute Gasteiger partial charge is 0.400 e. The van der Waals surface area contributed by atoms with Crippen LogP contribution in [0.15, 0.2) is 0 Å². The first-order chi connectivity index (χ1) is 18.9. The topological polar surface area (TPSA) is 52.6 Å². The van der Waals surface area contributed by atoms with Crippen LogP contribution in [0, 0.1) is 0 Å². The Labute approximate surface area is 239 Å². The lowest BCUT2D eigenvalue weighted by Crippen LogP contribution is -2.70. The molecule has 272 valence electrons. The maximum absolute atomic E-state index is 13.5. The Balaban J connectivity index is 6.23. The first kappa shape index (κ1) is 43.8. The summed E-state index contributed by atoms with van der Waals surface area (Å²) < 4.78 is 343. The summed E-state index contributed by atoms with van der Waals surface area (Å²) in [4.78, 5) is 0. The summed E-state index contributed by atoms with van der Waals surface area (Å²) in [6, 6.07) is 0. The lowest BCUT2D eigenvalue weighted by molar-refractivity contribution is -0.418. The van der Waals surface area contributed by atoms with Gasteiger partial charge in [-0.1, -0.05) is 0 Å². The molecule has 31 heteroatoms. The highest BCUT2D eigenvalue weighted by atomic mass is 35.5. The van der Waals surface area contributed by atoms with E-state index in [-0.39, 0.29) is 0 Å². The van der Waals surface area contributed by atoms with Crippen LogP contribution in [0.25, 0.3) is 0 Å². The SMILES string of the molecule is O=S(=O)(OCC(F)(F)C(F)(F)C(F)(F)C(F)(F)C(F)(F)C(F)(F)Cl)OCC(F)(F)C(F)(F)C(F)(F)C(F)(F)C(F)(F)C(F)(F)Cl. The van der Waals surface area contributed by atoms with Gasteiger partial charge in [-0.3, -0.25) is 0 Å². The number of hydrogen-bond acceptors (Lipinski definition) is 4. The molecule has 45 heavy (non-hydrogen) atoms. The molecule has 0 fully saturated rings. The van der Waals surface area contributed by atoms with Crippen molar-refractivity contribution in [1.82, 2.24) is 0 Å². The van der Waals surface area contributed by atoms with Crippen molar-refractivity contribution in [3.05, 3.63) is 0 Å². The van der Waals surface area contributed by atoms with Gasteiger partial charge >= 0.3 is 80.4 Å². The third-order valence-corrected chi connectivity index (χ3v) is 6.05. The molecule has 0 bridgehead atoms. The highest BCUT2D eigenvalue weighted by Gasteiger charge is 2.91. The van der Waals surface area contributed by atoms with Gasteiger partial charge in [0, 0.05) is 0 Å². The van der Waals surface area contributed by atoms with Crippen molar-refractivity contribution in [3.8, 4) is 0 Å². The van der Waals surface area contributed by atoms with E-state index in [1.165, 1.54) is 0 Å². The van der Waals surface area contributed by atoms with E-state index in [1.807, 2.05) is 0 Å². The molecule has 0 aromatic carbocycles. The summed E-state index contributed by atoms with van der Waals surface area (Å²) in [6.07, 6.45) is 0. The summed E-state index contributed by atoms with van der Waals surface area (Å²) in [5.41, 5.74) is 0. The molecule has 0 atom stereocenters. The molecule has 0 aliphatic carbocycles. The average Bonchev–Trinajstić information content (AvgIpc) is 2.79. The maximum Gasteiger partial charge on any atom is 0.400 e. The molecular weight excluding hydrogens is 791 g/mol. The van der Waals surface area contributed by atoms with Crippen LogP contribution in [0.3, 0.4) is 0 Å². The zero-order chi connectivity index (χ0) is 37.3. The standard InChI is InChI=1S/C14H4Cl2F24O4S/c15-13(37,38)11(33,34)9(29,30)7(25,26)5(21,22)3(17,18)1-43-45(41,42)44-2-4(19,20)6(23,24)8(27,28)10(31,32)12(35,36)14(16,39)40/h1-2H2. The molecule has 0 N–H and O–H groups in total. The average molecular weight is 795 g/mol. The fraction of sp³-hybridized carbons (Fsp3) is 1.00. The molecule has 0 unspecified atom stereocenters. The van der Waals surface area contributed by atoms with Crippen LogP contribution in [0.4, 0.5) is 105 Å². The first-order valence-corrected chi connectivity index (χ1v) is 11.5. The number of rotatable bonds is 16. The summed E-state index contributed by atoms with van der Waals surface area (Å²) in [5.74, 6) is -80.2. The minimum absolute atomic E-state index is 2.43. The Hall–Kier alpha value is -1.23. The van der Waals surface area contributed by atoms with Crippen LogP contribution in [-0.2, 0) is 18.8 Å². The highest BCUT2D eigenvalue weighted by molar-refractivity contribution is 7.81. The zero-order valence-corrected chi connectivity index (χ0v) is 21.6. The second kappa shape index (κ2) is 11.4. The molecule has 0 aliphatic heterocycles. The number of halogens is 26. The van der Waals surface area contributed by atoms with Gasteiger partial charge in [-0.15, -0.1) is 0 Å². The van der Waals surface area contributed by atoms with E-state index >= 15 is 0 Å². The molecule has 4 nitrogen and oxygen atoms in total. The smallest absolute Gasteiger partial charge is 0.242 e. The van der Waals surface area contributed by atoms with Gasteiger partial charge in [-0.2, -0.15) is 114 Å². The molecule has 0 saturated heterocycles. The van der Waals surface area contributed by atoms with Crippen LogP contribution < -0.4 is 0 Å². The fourth-order valence-corrected chi connectivity index (χ4v) is 3.00. The summed E-state index contributed by atoms with van der Waals surface area (Å²) in [6.45, 7) is -8.44. The molecule has 0 aromatic rings. The summed E-state index contributed by atoms with van der Waals surface area (Å²) in [5, 5.41) is -13.8. The second-order valence-electron chi connectivity index (χ2n) is 7.93. The van der Waals surface area contributed by atoms with Crippen molar-refractivity contribution in [3.63, 3.8) is 0 Å². The molecule has 0 aliphatic rings. The van der Waals surface area contributed by atoms with Crippen LogP contribution in [0.1, 0.15) is 0 Å². The molecule has 0 amide bonds. The third kappa shape index (κ3) is 6.73. The van der Waals surface area contributed by atoms with Crippen LogP contribution >= 0.6 is 23.2 Å². The maximum atomic E-state index is 13.5. The molecule has 0 radical (unpaired) electrons. The number of hydrogen-bond donors (Lipinski definition) is 0. The van der Waals surface area contributed by atoms with Gasteiger partial charge < -0.3 is 0 Å². The predicted octanol–water partition coefficient (Wildman–Crippen LogP) is 8.28. The van der Waals surface area contributed by atoms with Crippen molar-refractivity contribution in [1.29, 1.82) is 0 Å². The Morgan fingerprint density at radius 3 is 0.711 bits per heavy atom. The van der Waals surface area contributed by atoms with Gasteiger partial charge in [0.2, 0.25) is 0 Å². The normalized spacial score (nSPS) is 16.8. The Morgan fingerprint density at radius 2 is 0.533 bits per heavy atom. The lowest BCUT2D eigenvalue weighted by atomic mass is 9.94. The van der Waals surface area contributed by atoms with Gasteiger partial charge in [-0.25, -0.2) is 8.37 Å². The molecule has 0 spiro atoms. The zero-order valence-electron chi connectivity index (χ0n) is 19.3. The third-order valence-electron chi connectivity index (χ3n) is 4.77. The first-order valence-electron chi connectivity index (χ1n) is 9.36. The van der Waals surface area contributed by atoms with Crippen LogP contribution in [0.2, 0.25) is 0 Å². The van der Waals surface area contributed by atoms with Crippen molar-refractivity contribution in [2.45, 2.75) is 70.0 Å². The van der Waals surface area contributed by atoms with E-state index in [1.54, 1.807) is 0 Å². The van der Waals surface area contributed by atoms with Gasteiger partial charge in [0.05, 0.1) is 0 Å². The predicted molar refractivity (Wildman–Crippen MR) is 91.9 cm³/mol. The van der Waals surface area contributed by atoms with E-state index in [9.17, 15) is 114 Å². The fourth-order valence-electron chi connectivity index (χ4n) is 2.11. The Kier molecular flexibility index (Phi) is 11.1. The van der Waals surface area contributed by atoms with E-state index in [4.69, 9.17) is 0 Å². The van der Waals surface area contributed by atoms with E-state index in [2.05, 4.69) is 31.6 Å². The van der Waals surface area contributed by atoms with Crippen molar-refractivity contribution in [2.75, 3.05) is 13.2 Å². The van der Waals surface area contributed by atoms with E-state index in [0.29, 0.717) is 0 Å². The minimum atomic E-state index is -8.41. The van der Waals surface area contributed by atoms with Crippen molar-refractivity contribution < 1.29 is 122 Å². The van der Waals surface area contributed by atoms with Crippen LogP contribution in [0.5, 0.6) is 0 Å². The van der Waals surface area contributed by atoms with Gasteiger partial charge in [0.1, 0.15) is 13.2 Å². The van der Waals surface area contributed by atoms with Crippen molar-refractivity contribution in [2.24, 2.45) is 0 Å². The van der Waals surface area contributed by atoms with Gasteiger partial charge in [0.15, 0.2) is 0 Å². The Morgan fingerprint density at radius 1 is 0.356 bits per heavy atom. The quantitative estimate of drug-likeness (QED) is 0.117. The van der Waals surface area contributed by atoms with Crippen molar-refractivity contribution >= 4 is 33.6 Å². The van der Waals surface area contributed by atoms with E-state index in [0.717, 1.165) is 0 Å². The van der Waals surface area contributed by atoms with E-state index < -0.39 is 93.6 Å². The van der Waals surface area contributed by atoms with Gasteiger partial charge in [0.25, 0.3) is 0 Å². The lowest BCUT2D eigenvalue weighted by Gasteiger charge is -2.40. The summed E-state index contributed by atoms with van der Waals surface area (Å²) >= 11 is 6.74. The molecular formula is C14H4Cl2F24O4S. The second-order valence-corrected chi connectivity index (χ2v) is 10.2. The molecule has 0 saturated carbocycles. The van der Waals surface area contributed by atoms with Crippen LogP contribution in [-0.4, -0.2) is 91.6 Å². The summed E-state index contributed by atoms with van der Waals surface area (Å²) in [7, 11) is -7.30. The minimum Gasteiger partial charge on any atom is -0.242 e. The molecule has 0 aromatic heterocycles. The highest BCUT2D eigenvalue weighted by Crippen LogP contribution is 2.62. The molecule has 0 heterocycles. The van der Waals surface area contributed by atoms with Gasteiger partial charge in [-0.05, 0) is 23.2 Å².